The molecule has 0 radical (unpaired) electrons. The van der Waals surface area contributed by atoms with E-state index >= 15 is 0 Å². The Labute approximate surface area is 100 Å². The molecule has 0 aromatic carbocycles. The van der Waals surface area contributed by atoms with Crippen molar-refractivity contribution in [2.45, 2.75) is 38.9 Å². The third-order valence-corrected chi connectivity index (χ3v) is 3.91. The minimum atomic E-state index is 0.0112. The van der Waals surface area contributed by atoms with E-state index in [1.807, 2.05) is 17.9 Å². The van der Waals surface area contributed by atoms with Gasteiger partial charge in [-0.2, -0.15) is 0 Å². The number of thiophene rings is 1. The molecule has 0 bridgehead atoms. The zero-order valence-electron chi connectivity index (χ0n) is 9.77. The molecule has 1 fully saturated rings. The third kappa shape index (κ3) is 1.99. The van der Waals surface area contributed by atoms with Gasteiger partial charge in [-0.15, -0.1) is 11.3 Å². The highest BCUT2D eigenvalue weighted by Crippen LogP contribution is 2.29. The first-order chi connectivity index (χ1) is 7.77. The van der Waals surface area contributed by atoms with E-state index in [-0.39, 0.29) is 18.1 Å². The molecule has 0 aliphatic carbocycles. The Kier molecular flexibility index (Phi) is 3.61. The molecular weight excluding hydrogens is 220 g/mol. The van der Waals surface area contributed by atoms with Crippen LogP contribution in [0.25, 0.3) is 0 Å². The Bertz CT molecular complexity index is 350. The van der Waals surface area contributed by atoms with Gasteiger partial charge in [0.15, 0.2) is 0 Å². The smallest absolute Gasteiger partial charge is 0.241 e. The Hall–Kier alpha value is -0.870. The molecule has 1 N–H and O–H groups in total. The quantitative estimate of drug-likeness (QED) is 0.873. The summed E-state index contributed by atoms with van der Waals surface area (Å²) in [6.07, 6.45) is 2.06. The van der Waals surface area contributed by atoms with Gasteiger partial charge in [0, 0.05) is 11.4 Å². The van der Waals surface area contributed by atoms with Crippen LogP contribution in [-0.4, -0.2) is 23.4 Å². The van der Waals surface area contributed by atoms with Gasteiger partial charge >= 0.3 is 0 Å². The van der Waals surface area contributed by atoms with Crippen LogP contribution in [0.1, 0.15) is 37.7 Å². The number of hydrogen-bond donors (Lipinski definition) is 1. The van der Waals surface area contributed by atoms with E-state index in [2.05, 4.69) is 23.7 Å². The summed E-state index contributed by atoms with van der Waals surface area (Å²) in [6.45, 7) is 4.92. The fourth-order valence-corrected chi connectivity index (χ4v) is 2.99. The molecule has 1 amide bonds. The van der Waals surface area contributed by atoms with Crippen molar-refractivity contribution >= 4 is 17.2 Å². The molecule has 2 heterocycles. The summed E-state index contributed by atoms with van der Waals surface area (Å²) in [4.78, 5) is 15.3. The lowest BCUT2D eigenvalue weighted by Crippen LogP contribution is -2.30. The lowest BCUT2D eigenvalue weighted by Gasteiger charge is -2.21. The minimum Gasteiger partial charge on any atom is -0.321 e. The molecule has 1 aliphatic rings. The van der Waals surface area contributed by atoms with E-state index in [1.165, 1.54) is 4.88 Å². The van der Waals surface area contributed by atoms with Crippen LogP contribution in [0.2, 0.25) is 0 Å². The predicted octanol–water partition coefficient (Wildman–Crippen LogP) is 2.37. The molecule has 4 heteroatoms. The number of amides is 1. The number of likely N-dealkylation sites (N-methyl/N-ethyl adjacent to an activating group) is 1. The molecule has 3 nitrogen and oxygen atoms in total. The normalized spacial score (nSPS) is 25.4. The zero-order chi connectivity index (χ0) is 11.5. The first kappa shape index (κ1) is 11.6. The molecule has 2 rings (SSSR count). The van der Waals surface area contributed by atoms with Gasteiger partial charge in [-0.25, -0.2) is 0 Å². The maximum atomic E-state index is 12.1. The van der Waals surface area contributed by atoms with Crippen LogP contribution in [0.4, 0.5) is 0 Å². The number of carbonyl (C=O) groups excluding carboxylic acids is 1. The summed E-state index contributed by atoms with van der Waals surface area (Å²) < 4.78 is 0. The molecule has 1 aromatic rings. The summed E-state index contributed by atoms with van der Waals surface area (Å²) in [5, 5.41) is 5.49. The van der Waals surface area contributed by atoms with E-state index < -0.39 is 0 Å². The number of carbonyl (C=O) groups is 1. The van der Waals surface area contributed by atoms with Crippen LogP contribution in [0.5, 0.6) is 0 Å². The van der Waals surface area contributed by atoms with Gasteiger partial charge in [-0.1, -0.05) is 19.4 Å². The van der Waals surface area contributed by atoms with Crippen LogP contribution in [0.15, 0.2) is 17.5 Å². The number of nitrogens with zero attached hydrogens (tertiary/aromatic N) is 1. The zero-order valence-corrected chi connectivity index (χ0v) is 10.6. The fraction of sp³-hybridized carbons (Fsp3) is 0.583. The summed E-state index contributed by atoms with van der Waals surface area (Å²) in [7, 11) is 0. The highest BCUT2D eigenvalue weighted by molar-refractivity contribution is 7.10. The predicted molar refractivity (Wildman–Crippen MR) is 66.3 cm³/mol. The van der Waals surface area contributed by atoms with Crippen LogP contribution in [0, 0.1) is 0 Å². The number of hydrogen-bond acceptors (Lipinski definition) is 3. The Balaban J connectivity index is 2.17. The SMILES string of the molecule is CCCC1NC(c2cccs2)N(CC)C1=O. The van der Waals surface area contributed by atoms with Crippen LogP contribution >= 0.6 is 11.3 Å². The van der Waals surface area contributed by atoms with Crippen molar-refractivity contribution in [3.8, 4) is 0 Å². The molecule has 88 valence electrons. The van der Waals surface area contributed by atoms with E-state index in [1.54, 1.807) is 11.3 Å². The molecule has 0 spiro atoms. The van der Waals surface area contributed by atoms with Gasteiger partial charge in [-0.3, -0.25) is 10.1 Å². The van der Waals surface area contributed by atoms with Gasteiger partial charge in [0.2, 0.25) is 5.91 Å². The van der Waals surface area contributed by atoms with Crippen molar-refractivity contribution in [2.24, 2.45) is 0 Å². The van der Waals surface area contributed by atoms with Gasteiger partial charge in [0.05, 0.1) is 6.04 Å². The highest BCUT2D eigenvalue weighted by Gasteiger charge is 2.38. The molecule has 2 unspecified atom stereocenters. The van der Waals surface area contributed by atoms with Gasteiger partial charge in [0.25, 0.3) is 0 Å². The van der Waals surface area contributed by atoms with Crippen molar-refractivity contribution in [2.75, 3.05) is 6.54 Å². The lowest BCUT2D eigenvalue weighted by molar-refractivity contribution is -0.130. The second-order valence-corrected chi connectivity index (χ2v) is 5.03. The molecule has 1 aromatic heterocycles. The van der Waals surface area contributed by atoms with E-state index in [0.717, 1.165) is 19.4 Å². The Morgan fingerprint density at radius 2 is 2.31 bits per heavy atom. The van der Waals surface area contributed by atoms with Gasteiger partial charge in [0.1, 0.15) is 6.17 Å². The van der Waals surface area contributed by atoms with E-state index in [4.69, 9.17) is 0 Å². The minimum absolute atomic E-state index is 0.0112. The van der Waals surface area contributed by atoms with Crippen LogP contribution in [-0.2, 0) is 4.79 Å². The lowest BCUT2D eigenvalue weighted by atomic mass is 10.2. The fourth-order valence-electron chi connectivity index (χ4n) is 2.20. The first-order valence-electron chi connectivity index (χ1n) is 5.87. The van der Waals surface area contributed by atoms with Crippen molar-refractivity contribution in [3.63, 3.8) is 0 Å². The van der Waals surface area contributed by atoms with Crippen LogP contribution in [0.3, 0.4) is 0 Å². The second kappa shape index (κ2) is 4.97. The average Bonchev–Trinajstić information content (AvgIpc) is 2.88. The molecule has 0 saturated carbocycles. The Morgan fingerprint density at radius 1 is 1.50 bits per heavy atom. The Morgan fingerprint density at radius 3 is 2.88 bits per heavy atom. The van der Waals surface area contributed by atoms with Crippen LogP contribution < -0.4 is 5.32 Å². The summed E-state index contributed by atoms with van der Waals surface area (Å²) in [6, 6.07) is 4.14. The molecule has 2 atom stereocenters. The van der Waals surface area contributed by atoms with Crippen molar-refractivity contribution in [1.29, 1.82) is 0 Å². The summed E-state index contributed by atoms with van der Waals surface area (Å²) in [5.41, 5.74) is 0. The number of rotatable bonds is 4. The second-order valence-electron chi connectivity index (χ2n) is 4.05. The molecule has 1 saturated heterocycles. The van der Waals surface area contributed by atoms with Crippen molar-refractivity contribution < 1.29 is 4.79 Å². The topological polar surface area (TPSA) is 32.3 Å². The third-order valence-electron chi connectivity index (χ3n) is 2.98. The molecule has 16 heavy (non-hydrogen) atoms. The largest absolute Gasteiger partial charge is 0.321 e. The summed E-state index contributed by atoms with van der Waals surface area (Å²) >= 11 is 1.71. The highest BCUT2D eigenvalue weighted by atomic mass is 32.1. The van der Waals surface area contributed by atoms with E-state index in [9.17, 15) is 4.79 Å². The maximum Gasteiger partial charge on any atom is 0.241 e. The van der Waals surface area contributed by atoms with E-state index in [0.29, 0.717) is 0 Å². The number of nitrogens with one attached hydrogen (secondary N) is 1. The van der Waals surface area contributed by atoms with Crippen molar-refractivity contribution in [1.82, 2.24) is 10.2 Å². The molecular formula is C12H18N2OS. The van der Waals surface area contributed by atoms with Gasteiger partial charge < -0.3 is 4.90 Å². The average molecular weight is 238 g/mol. The summed E-state index contributed by atoms with van der Waals surface area (Å²) in [5.74, 6) is 0.253. The standard InChI is InChI=1S/C12H18N2OS/c1-3-6-9-12(15)14(4-2)11(13-9)10-7-5-8-16-10/h5,7-9,11,13H,3-4,6H2,1-2H3. The van der Waals surface area contributed by atoms with Gasteiger partial charge in [-0.05, 0) is 24.8 Å². The first-order valence-corrected chi connectivity index (χ1v) is 6.75. The molecule has 1 aliphatic heterocycles. The van der Waals surface area contributed by atoms with Crippen molar-refractivity contribution in [3.05, 3.63) is 22.4 Å². The monoisotopic (exact) mass is 238 g/mol. The maximum absolute atomic E-state index is 12.1.